The molecule has 0 unspecified atom stereocenters. The van der Waals surface area contributed by atoms with Crippen LogP contribution in [0.15, 0.2) is 0 Å². The van der Waals surface area contributed by atoms with Crippen molar-refractivity contribution >= 4 is 20.0 Å². The van der Waals surface area contributed by atoms with E-state index in [4.69, 9.17) is 11.7 Å². The topological polar surface area (TPSA) is 144 Å². The smallest absolute Gasteiger partial charge is 0.245 e. The van der Waals surface area contributed by atoms with E-state index >= 15 is 0 Å². The number of sulfonamides is 2. The average molecular weight is 272 g/mol. The Kier molecular flexibility index (Phi) is 3.92. The second-order valence-corrected chi connectivity index (χ2v) is 8.02. The van der Waals surface area contributed by atoms with Crippen LogP contribution in [0.25, 0.3) is 0 Å². The van der Waals surface area contributed by atoms with Gasteiger partial charge in [0.15, 0.2) is 0 Å². The van der Waals surface area contributed by atoms with Crippen molar-refractivity contribution in [2.24, 2.45) is 11.7 Å². The first-order chi connectivity index (χ1) is 7.33. The van der Waals surface area contributed by atoms with E-state index in [0.717, 1.165) is 6.42 Å². The maximum Gasteiger partial charge on any atom is 0.245 e. The van der Waals surface area contributed by atoms with Crippen molar-refractivity contribution in [3.8, 4) is 0 Å². The third kappa shape index (κ3) is 1.96. The van der Waals surface area contributed by atoms with Gasteiger partial charge in [-0.2, -0.15) is 9.66 Å². The molecule has 96 valence electrons. The van der Waals surface area contributed by atoms with Crippen LogP contribution in [-0.4, -0.2) is 20.9 Å². The van der Waals surface area contributed by atoms with Crippen molar-refractivity contribution in [1.82, 2.24) is 9.66 Å². The fourth-order valence-corrected chi connectivity index (χ4v) is 5.51. The molecular weight excluding hydrogens is 256 g/mol. The minimum Gasteiger partial charge on any atom is -0.258 e. The van der Waals surface area contributed by atoms with Crippen LogP contribution in [0, 0.1) is 0 Å². The fourth-order valence-electron chi connectivity index (χ4n) is 1.99. The number of hydrazine groups is 2. The van der Waals surface area contributed by atoms with E-state index in [9.17, 15) is 16.8 Å². The lowest BCUT2D eigenvalue weighted by molar-refractivity contribution is 0.427. The van der Waals surface area contributed by atoms with Crippen LogP contribution in [0.2, 0.25) is 0 Å². The Hall–Kier alpha value is -0.260. The molecule has 1 rings (SSSR count). The van der Waals surface area contributed by atoms with Crippen molar-refractivity contribution in [2.45, 2.75) is 36.2 Å². The summed E-state index contributed by atoms with van der Waals surface area (Å²) in [7, 11) is -8.31. The third-order valence-corrected chi connectivity index (χ3v) is 7.62. The predicted octanol–water partition coefficient (Wildman–Crippen LogP) is -1.77. The third-order valence-electron chi connectivity index (χ3n) is 2.91. The van der Waals surface area contributed by atoms with Gasteiger partial charge in [-0.05, 0) is 12.8 Å². The van der Waals surface area contributed by atoms with E-state index in [0.29, 0.717) is 12.8 Å². The highest BCUT2D eigenvalue weighted by Crippen LogP contribution is 2.38. The van der Waals surface area contributed by atoms with E-state index in [1.165, 1.54) is 0 Å². The number of hydrogen-bond acceptors (Lipinski definition) is 6. The minimum atomic E-state index is -4.16. The first-order valence-corrected chi connectivity index (χ1v) is 7.73. The van der Waals surface area contributed by atoms with Crippen molar-refractivity contribution in [2.75, 3.05) is 0 Å². The molecule has 10 heteroatoms. The van der Waals surface area contributed by atoms with Gasteiger partial charge >= 0.3 is 0 Å². The zero-order valence-electron chi connectivity index (χ0n) is 8.64. The quantitative estimate of drug-likeness (QED) is 0.352. The summed E-state index contributed by atoms with van der Waals surface area (Å²) in [6.45, 7) is 0. The van der Waals surface area contributed by atoms with E-state index in [2.05, 4.69) is 0 Å². The molecule has 1 fully saturated rings. The SMILES string of the molecule is NNS(=O)(=O)C1(S(=O)(=O)NN)CCCCC1. The van der Waals surface area contributed by atoms with Gasteiger partial charge in [0.05, 0.1) is 0 Å². The van der Waals surface area contributed by atoms with Gasteiger partial charge in [0.2, 0.25) is 24.1 Å². The van der Waals surface area contributed by atoms with Crippen LogP contribution in [0.3, 0.4) is 0 Å². The molecule has 8 nitrogen and oxygen atoms in total. The molecule has 1 aliphatic rings. The van der Waals surface area contributed by atoms with Gasteiger partial charge in [-0.1, -0.05) is 19.3 Å². The van der Waals surface area contributed by atoms with Gasteiger partial charge in [0.25, 0.3) is 0 Å². The molecule has 0 radical (unpaired) electrons. The highest BCUT2D eigenvalue weighted by atomic mass is 32.3. The van der Waals surface area contributed by atoms with Crippen LogP contribution < -0.4 is 21.3 Å². The summed E-state index contributed by atoms with van der Waals surface area (Å²) in [4.78, 5) is 3.18. The van der Waals surface area contributed by atoms with Gasteiger partial charge in [-0.25, -0.2) is 16.8 Å². The Morgan fingerprint density at radius 2 is 1.19 bits per heavy atom. The molecule has 0 aromatic heterocycles. The first kappa shape index (κ1) is 13.8. The predicted molar refractivity (Wildman–Crippen MR) is 58.3 cm³/mol. The average Bonchev–Trinajstić information content (AvgIpc) is 2.29. The summed E-state index contributed by atoms with van der Waals surface area (Å²) in [5.41, 5.74) is 0. The Bertz CT molecular complexity index is 401. The molecule has 0 amide bonds. The van der Waals surface area contributed by atoms with Crippen LogP contribution in [0.4, 0.5) is 0 Å². The van der Waals surface area contributed by atoms with Crippen LogP contribution in [0.1, 0.15) is 32.1 Å². The van der Waals surface area contributed by atoms with E-state index < -0.39 is 24.1 Å². The normalized spacial score (nSPS) is 21.9. The van der Waals surface area contributed by atoms with Crippen LogP contribution in [0.5, 0.6) is 0 Å². The number of hydrogen-bond donors (Lipinski definition) is 4. The Balaban J connectivity index is 3.34. The first-order valence-electron chi connectivity index (χ1n) is 4.77. The maximum absolute atomic E-state index is 11.8. The van der Waals surface area contributed by atoms with Gasteiger partial charge in [-0.3, -0.25) is 11.7 Å². The largest absolute Gasteiger partial charge is 0.258 e. The summed E-state index contributed by atoms with van der Waals surface area (Å²) in [5, 5.41) is 0. The molecule has 0 saturated heterocycles. The van der Waals surface area contributed by atoms with Gasteiger partial charge in [-0.15, -0.1) is 0 Å². The molecule has 1 aliphatic carbocycles. The highest BCUT2D eigenvalue weighted by molar-refractivity contribution is 8.08. The summed E-state index contributed by atoms with van der Waals surface area (Å²) in [5.74, 6) is 9.81. The Morgan fingerprint density at radius 1 is 0.812 bits per heavy atom. The number of rotatable bonds is 4. The lowest BCUT2D eigenvalue weighted by Crippen LogP contribution is -2.59. The zero-order valence-corrected chi connectivity index (χ0v) is 10.3. The van der Waals surface area contributed by atoms with E-state index in [-0.39, 0.29) is 12.8 Å². The van der Waals surface area contributed by atoms with Crippen molar-refractivity contribution in [1.29, 1.82) is 0 Å². The minimum absolute atomic E-state index is 0.00787. The van der Waals surface area contributed by atoms with Gasteiger partial charge in [0, 0.05) is 0 Å². The molecule has 1 saturated carbocycles. The molecule has 16 heavy (non-hydrogen) atoms. The molecular formula is C6H16N4O4S2. The van der Waals surface area contributed by atoms with Crippen LogP contribution >= 0.6 is 0 Å². The molecule has 0 bridgehead atoms. The molecule has 0 aromatic carbocycles. The maximum atomic E-state index is 11.8. The van der Waals surface area contributed by atoms with Gasteiger partial charge < -0.3 is 0 Å². The highest BCUT2D eigenvalue weighted by Gasteiger charge is 2.54. The number of nitrogens with one attached hydrogen (secondary N) is 2. The monoisotopic (exact) mass is 272 g/mol. The standard InChI is InChI=1S/C6H16N4O4S2/c7-9-15(11,12)6(16(13,14)10-8)4-2-1-3-5-6/h9-10H,1-5,7-8H2. The lowest BCUT2D eigenvalue weighted by Gasteiger charge is -2.34. The van der Waals surface area contributed by atoms with Crippen molar-refractivity contribution < 1.29 is 16.8 Å². The molecule has 6 N–H and O–H groups in total. The van der Waals surface area contributed by atoms with Crippen molar-refractivity contribution in [3.63, 3.8) is 0 Å². The molecule has 0 aliphatic heterocycles. The summed E-state index contributed by atoms with van der Waals surface area (Å²) in [6.07, 6.45) is 1.78. The Morgan fingerprint density at radius 3 is 1.50 bits per heavy atom. The number of nitrogens with two attached hydrogens (primary N) is 2. The summed E-state index contributed by atoms with van der Waals surface area (Å²) in [6, 6.07) is 0. The lowest BCUT2D eigenvalue weighted by atomic mass is 10.00. The zero-order chi connectivity index (χ0) is 12.4. The molecule has 0 spiro atoms. The summed E-state index contributed by atoms with van der Waals surface area (Å²) >= 11 is 0. The fraction of sp³-hybridized carbons (Fsp3) is 1.00. The van der Waals surface area contributed by atoms with E-state index in [1.54, 1.807) is 9.66 Å². The Labute approximate surface area is 94.8 Å². The van der Waals surface area contributed by atoms with Crippen LogP contribution in [-0.2, 0) is 20.0 Å². The summed E-state index contributed by atoms with van der Waals surface area (Å²) < 4.78 is 45.1. The van der Waals surface area contributed by atoms with E-state index in [1.807, 2.05) is 0 Å². The van der Waals surface area contributed by atoms with Gasteiger partial charge in [0.1, 0.15) is 0 Å². The molecule has 0 heterocycles. The molecule has 0 aromatic rings. The second kappa shape index (κ2) is 4.55. The molecule has 0 atom stereocenters. The second-order valence-electron chi connectivity index (χ2n) is 3.71. The van der Waals surface area contributed by atoms with Crippen molar-refractivity contribution in [3.05, 3.63) is 0 Å².